The largest absolute Gasteiger partial charge is 0.340 e. The quantitative estimate of drug-likeness (QED) is 0.369. The molecule has 0 atom stereocenters. The lowest BCUT2D eigenvalue weighted by Crippen LogP contribution is -2.07. The summed E-state index contributed by atoms with van der Waals surface area (Å²) in [6.45, 7) is 7.32. The smallest absolute Gasteiger partial charge is 0.128 e. The lowest BCUT2D eigenvalue weighted by molar-refractivity contribution is 0.442. The van der Waals surface area contributed by atoms with Crippen molar-refractivity contribution < 1.29 is 0 Å². The van der Waals surface area contributed by atoms with Crippen molar-refractivity contribution in [2.24, 2.45) is 0 Å². The van der Waals surface area contributed by atoms with E-state index in [4.69, 9.17) is 4.98 Å². The molecule has 0 saturated heterocycles. The number of nitrogens with zero attached hydrogens (tertiary/aromatic N) is 3. The number of anilines is 2. The van der Waals surface area contributed by atoms with Crippen molar-refractivity contribution in [3.8, 4) is 10.4 Å². The molecule has 3 aromatic rings. The van der Waals surface area contributed by atoms with Crippen molar-refractivity contribution in [2.75, 3.05) is 11.9 Å². The van der Waals surface area contributed by atoms with Gasteiger partial charge in [-0.25, -0.2) is 9.67 Å². The van der Waals surface area contributed by atoms with Crippen LogP contribution in [0, 0.1) is 0 Å². The van der Waals surface area contributed by atoms with Gasteiger partial charge in [-0.15, -0.1) is 11.3 Å². The molecule has 1 fully saturated rings. The van der Waals surface area contributed by atoms with E-state index < -0.39 is 0 Å². The van der Waals surface area contributed by atoms with E-state index in [0.29, 0.717) is 12.0 Å². The van der Waals surface area contributed by atoms with Crippen LogP contribution in [0.4, 0.5) is 11.5 Å². The monoisotopic (exact) mass is 441 g/mol. The zero-order chi connectivity index (χ0) is 20.9. The van der Waals surface area contributed by atoms with Gasteiger partial charge in [-0.3, -0.25) is 4.72 Å². The number of benzene rings is 1. The zero-order valence-corrected chi connectivity index (χ0v) is 19.7. The molecule has 2 N–H and O–H groups in total. The van der Waals surface area contributed by atoms with E-state index in [1.807, 2.05) is 28.3 Å². The Morgan fingerprint density at radius 1 is 1.20 bits per heavy atom. The Bertz CT molecular complexity index is 956. The van der Waals surface area contributed by atoms with Crippen molar-refractivity contribution >= 4 is 34.8 Å². The van der Waals surface area contributed by atoms with Crippen molar-refractivity contribution in [3.05, 3.63) is 41.7 Å². The van der Waals surface area contributed by atoms with Crippen LogP contribution in [0.1, 0.15) is 69.8 Å². The Hall–Kier alpha value is -1.83. The van der Waals surface area contributed by atoms with Gasteiger partial charge in [-0.2, -0.15) is 5.10 Å². The SMILES string of the molecule is CCNSc1cc(Nc2ccnn2C(C)C)ccc1-c1cnc(C2CCCCC2)s1. The number of hydrogen-bond donors (Lipinski definition) is 2. The maximum atomic E-state index is 4.81. The fourth-order valence-electron chi connectivity index (χ4n) is 3.96. The topological polar surface area (TPSA) is 54.8 Å². The molecule has 2 aromatic heterocycles. The molecule has 0 spiro atoms. The fraction of sp³-hybridized carbons (Fsp3) is 0.478. The highest BCUT2D eigenvalue weighted by molar-refractivity contribution is 7.97. The van der Waals surface area contributed by atoms with E-state index in [9.17, 15) is 0 Å². The maximum absolute atomic E-state index is 4.81. The lowest BCUT2D eigenvalue weighted by atomic mass is 9.90. The van der Waals surface area contributed by atoms with Crippen LogP contribution in [0.25, 0.3) is 10.4 Å². The second kappa shape index (κ2) is 9.98. The second-order valence-corrected chi connectivity index (χ2v) is 10.1. The Morgan fingerprint density at radius 2 is 2.03 bits per heavy atom. The summed E-state index contributed by atoms with van der Waals surface area (Å²) >= 11 is 3.56. The molecule has 0 bridgehead atoms. The van der Waals surface area contributed by atoms with Gasteiger partial charge in [0.2, 0.25) is 0 Å². The van der Waals surface area contributed by atoms with Gasteiger partial charge in [-0.05, 0) is 50.8 Å². The molecule has 1 aliphatic rings. The first-order valence-corrected chi connectivity index (χ1v) is 12.6. The number of hydrogen-bond acceptors (Lipinski definition) is 6. The molecule has 30 heavy (non-hydrogen) atoms. The van der Waals surface area contributed by atoms with Crippen molar-refractivity contribution in [1.29, 1.82) is 0 Å². The Labute approximate surface area is 187 Å². The molecule has 1 aromatic carbocycles. The summed E-state index contributed by atoms with van der Waals surface area (Å²) in [5.74, 6) is 1.66. The molecule has 4 rings (SSSR count). The zero-order valence-electron chi connectivity index (χ0n) is 18.0. The van der Waals surface area contributed by atoms with Crippen LogP contribution in [-0.2, 0) is 0 Å². The number of nitrogens with one attached hydrogen (secondary N) is 2. The molecule has 5 nitrogen and oxygen atoms in total. The highest BCUT2D eigenvalue weighted by atomic mass is 32.2. The Kier molecular flexibility index (Phi) is 7.12. The van der Waals surface area contributed by atoms with E-state index in [1.54, 1.807) is 11.9 Å². The van der Waals surface area contributed by atoms with Crippen molar-refractivity contribution in [1.82, 2.24) is 19.5 Å². The van der Waals surface area contributed by atoms with E-state index in [-0.39, 0.29) is 0 Å². The molecule has 0 radical (unpaired) electrons. The molecule has 0 unspecified atom stereocenters. The van der Waals surface area contributed by atoms with E-state index >= 15 is 0 Å². The standard InChI is InChI=1S/C23H31N5S2/c1-4-26-30-20-14-18(27-22-12-13-25-28(22)16(2)3)10-11-19(20)21-15-24-23(29-21)17-8-6-5-7-9-17/h10-17,26-27H,4-9H2,1-3H3. The summed E-state index contributed by atoms with van der Waals surface area (Å²) in [6.07, 6.45) is 10.6. The molecule has 7 heteroatoms. The lowest BCUT2D eigenvalue weighted by Gasteiger charge is -2.18. The van der Waals surface area contributed by atoms with E-state index in [2.05, 4.69) is 60.3 Å². The highest BCUT2D eigenvalue weighted by Gasteiger charge is 2.20. The van der Waals surface area contributed by atoms with Crippen LogP contribution in [0.3, 0.4) is 0 Å². The van der Waals surface area contributed by atoms with Gasteiger partial charge in [-0.1, -0.05) is 32.3 Å². The van der Waals surface area contributed by atoms with Gasteiger partial charge < -0.3 is 5.32 Å². The van der Waals surface area contributed by atoms with Crippen LogP contribution in [0.2, 0.25) is 0 Å². The molecule has 0 amide bonds. The molecular weight excluding hydrogens is 410 g/mol. The third kappa shape index (κ3) is 4.90. The molecule has 1 saturated carbocycles. The van der Waals surface area contributed by atoms with Gasteiger partial charge in [0.15, 0.2) is 0 Å². The second-order valence-electron chi connectivity index (χ2n) is 8.09. The summed E-state index contributed by atoms with van der Waals surface area (Å²) in [4.78, 5) is 7.29. The summed E-state index contributed by atoms with van der Waals surface area (Å²) in [5, 5.41) is 9.27. The Morgan fingerprint density at radius 3 is 2.80 bits per heavy atom. The molecule has 2 heterocycles. The number of aromatic nitrogens is 3. The predicted octanol–water partition coefficient (Wildman–Crippen LogP) is 7.00. The van der Waals surface area contributed by atoms with Crippen molar-refractivity contribution in [2.45, 2.75) is 69.7 Å². The van der Waals surface area contributed by atoms with Gasteiger partial charge in [0.25, 0.3) is 0 Å². The first-order chi connectivity index (χ1) is 14.7. The molecular formula is C23H31N5S2. The van der Waals surface area contributed by atoms with Gasteiger partial charge in [0, 0.05) is 46.9 Å². The normalized spacial score (nSPS) is 15.1. The van der Waals surface area contributed by atoms with Gasteiger partial charge in [0.1, 0.15) is 5.82 Å². The molecule has 160 valence electrons. The third-order valence-corrected chi connectivity index (χ3v) is 7.67. The molecule has 0 aliphatic heterocycles. The van der Waals surface area contributed by atoms with Crippen molar-refractivity contribution in [3.63, 3.8) is 0 Å². The first kappa shape index (κ1) is 21.4. The van der Waals surface area contributed by atoms with Gasteiger partial charge in [0.05, 0.1) is 16.1 Å². The van der Waals surface area contributed by atoms with Crippen LogP contribution in [0.5, 0.6) is 0 Å². The minimum absolute atomic E-state index is 0.313. The predicted molar refractivity (Wildman–Crippen MR) is 129 cm³/mol. The average molecular weight is 442 g/mol. The Balaban J connectivity index is 1.60. The summed E-state index contributed by atoms with van der Waals surface area (Å²) in [7, 11) is 0. The van der Waals surface area contributed by atoms with E-state index in [0.717, 1.165) is 18.1 Å². The molecule has 1 aliphatic carbocycles. The number of thiazole rings is 1. The van der Waals surface area contributed by atoms with Gasteiger partial charge >= 0.3 is 0 Å². The van der Waals surface area contributed by atoms with Crippen LogP contribution < -0.4 is 10.0 Å². The average Bonchev–Trinajstić information content (AvgIpc) is 3.43. The fourth-order valence-corrected chi connectivity index (χ4v) is 5.93. The summed E-state index contributed by atoms with van der Waals surface area (Å²) in [6, 6.07) is 8.93. The highest BCUT2D eigenvalue weighted by Crippen LogP contribution is 2.40. The van der Waals surface area contributed by atoms with Crippen LogP contribution in [-0.4, -0.2) is 21.3 Å². The minimum Gasteiger partial charge on any atom is -0.340 e. The van der Waals surface area contributed by atoms with Crippen LogP contribution in [0.15, 0.2) is 41.6 Å². The third-order valence-electron chi connectivity index (χ3n) is 5.48. The number of rotatable bonds is 8. The minimum atomic E-state index is 0.313. The van der Waals surface area contributed by atoms with Crippen LogP contribution >= 0.6 is 23.3 Å². The maximum Gasteiger partial charge on any atom is 0.128 e. The van der Waals surface area contributed by atoms with E-state index in [1.165, 1.54) is 52.4 Å². The summed E-state index contributed by atoms with van der Waals surface area (Å²) < 4.78 is 5.42. The first-order valence-electron chi connectivity index (χ1n) is 11.0. The summed E-state index contributed by atoms with van der Waals surface area (Å²) in [5.41, 5.74) is 2.32.